The molecule has 5 heteroatoms. The highest BCUT2D eigenvalue weighted by Crippen LogP contribution is 2.38. The Balaban J connectivity index is 2.48. The van der Waals surface area contributed by atoms with Crippen molar-refractivity contribution in [2.24, 2.45) is 0 Å². The molecule has 0 unspecified atom stereocenters. The maximum absolute atomic E-state index is 13.3. The molecule has 2 aromatic carbocycles. The summed E-state index contributed by atoms with van der Waals surface area (Å²) in [4.78, 5) is 0. The fraction of sp³-hybridized carbons (Fsp3) is 0.333. The van der Waals surface area contributed by atoms with Gasteiger partial charge in [0.2, 0.25) is 0 Å². The Morgan fingerprint density at radius 3 is 2.35 bits per heavy atom. The topological polar surface area (TPSA) is 9.23 Å². The van der Waals surface area contributed by atoms with E-state index in [0.29, 0.717) is 17.0 Å². The van der Waals surface area contributed by atoms with Crippen LogP contribution in [0.15, 0.2) is 30.3 Å². The largest absolute Gasteiger partial charge is 0.493 e. The van der Waals surface area contributed by atoms with E-state index in [-0.39, 0.29) is 12.4 Å². The van der Waals surface area contributed by atoms with Crippen LogP contribution in [0.2, 0.25) is 5.02 Å². The number of hydrogen-bond acceptors (Lipinski definition) is 1. The summed E-state index contributed by atoms with van der Waals surface area (Å²) in [5.74, 6) is -0.128. The summed E-state index contributed by atoms with van der Waals surface area (Å²) in [6.45, 7) is 5.55. The first kappa shape index (κ1) is 17.7. The van der Waals surface area contributed by atoms with Crippen molar-refractivity contribution >= 4 is 11.6 Å². The van der Waals surface area contributed by atoms with Gasteiger partial charge in [0, 0.05) is 5.02 Å². The normalized spacial score (nSPS) is 11.6. The number of aryl methyl sites for hydroxylation is 2. The second kappa shape index (κ2) is 6.83. The third-order valence-electron chi connectivity index (χ3n) is 3.63. The van der Waals surface area contributed by atoms with E-state index in [4.69, 9.17) is 16.3 Å². The molecule has 0 atom stereocenters. The van der Waals surface area contributed by atoms with E-state index < -0.39 is 11.7 Å². The molecule has 0 aliphatic heterocycles. The van der Waals surface area contributed by atoms with Crippen LogP contribution < -0.4 is 4.74 Å². The minimum Gasteiger partial charge on any atom is -0.493 e. The first-order chi connectivity index (χ1) is 10.7. The molecule has 0 aromatic heterocycles. The van der Waals surface area contributed by atoms with E-state index in [9.17, 15) is 13.2 Å². The molecule has 0 N–H and O–H groups in total. The van der Waals surface area contributed by atoms with Gasteiger partial charge in [-0.15, -0.1) is 0 Å². The predicted octanol–water partition coefficient (Wildman–Crippen LogP) is 5.97. The standard InChI is InChI=1S/C18H18ClF3O/c1-4-23-17-8-12(3)13(10-15(17)18(20,21)22)9-14-7-11(2)5-6-16(14)19/h5-8,10H,4,9H2,1-3H3. The number of rotatable bonds is 4. The molecule has 0 fully saturated rings. The SMILES string of the molecule is CCOc1cc(C)c(Cc2cc(C)ccc2Cl)cc1C(F)(F)F. The molecule has 0 spiro atoms. The van der Waals surface area contributed by atoms with Crippen LogP contribution in [0.1, 0.15) is 34.7 Å². The monoisotopic (exact) mass is 342 g/mol. The average Bonchev–Trinajstić information content (AvgIpc) is 2.44. The van der Waals surface area contributed by atoms with Gasteiger partial charge in [0.25, 0.3) is 0 Å². The molecule has 0 bridgehead atoms. The van der Waals surface area contributed by atoms with Gasteiger partial charge in [-0.05, 0) is 62.1 Å². The van der Waals surface area contributed by atoms with Crippen LogP contribution in [0, 0.1) is 13.8 Å². The van der Waals surface area contributed by atoms with Crippen LogP contribution in [0.3, 0.4) is 0 Å². The zero-order valence-electron chi connectivity index (χ0n) is 13.2. The smallest absolute Gasteiger partial charge is 0.419 e. The molecule has 2 aromatic rings. The van der Waals surface area contributed by atoms with E-state index in [1.165, 1.54) is 12.1 Å². The highest BCUT2D eigenvalue weighted by atomic mass is 35.5. The summed E-state index contributed by atoms with van der Waals surface area (Å²) in [7, 11) is 0. The minimum absolute atomic E-state index is 0.128. The first-order valence-corrected chi connectivity index (χ1v) is 7.68. The van der Waals surface area contributed by atoms with Gasteiger partial charge in [-0.2, -0.15) is 13.2 Å². The van der Waals surface area contributed by atoms with Crippen molar-refractivity contribution < 1.29 is 17.9 Å². The molecule has 124 valence electrons. The molecule has 2 rings (SSSR count). The second-order valence-electron chi connectivity index (χ2n) is 5.48. The lowest BCUT2D eigenvalue weighted by Gasteiger charge is -2.17. The van der Waals surface area contributed by atoms with Gasteiger partial charge < -0.3 is 4.74 Å². The number of benzene rings is 2. The van der Waals surface area contributed by atoms with Crippen molar-refractivity contribution in [2.75, 3.05) is 6.61 Å². The average molecular weight is 343 g/mol. The zero-order valence-corrected chi connectivity index (χ0v) is 14.0. The number of ether oxygens (including phenoxy) is 1. The molecular formula is C18H18ClF3O. The van der Waals surface area contributed by atoms with Gasteiger partial charge in [-0.3, -0.25) is 0 Å². The number of alkyl halides is 3. The maximum Gasteiger partial charge on any atom is 0.419 e. The Morgan fingerprint density at radius 1 is 1.04 bits per heavy atom. The van der Waals surface area contributed by atoms with Crippen LogP contribution in [0.25, 0.3) is 0 Å². The maximum atomic E-state index is 13.3. The third-order valence-corrected chi connectivity index (χ3v) is 3.99. The molecule has 1 nitrogen and oxygen atoms in total. The Hall–Kier alpha value is -1.68. The summed E-state index contributed by atoms with van der Waals surface area (Å²) >= 11 is 6.16. The zero-order chi connectivity index (χ0) is 17.2. The summed E-state index contributed by atoms with van der Waals surface area (Å²) in [5, 5.41) is 0.553. The van der Waals surface area contributed by atoms with Crippen molar-refractivity contribution in [3.05, 3.63) is 63.2 Å². The van der Waals surface area contributed by atoms with Crippen molar-refractivity contribution in [3.63, 3.8) is 0 Å². The van der Waals surface area contributed by atoms with E-state index in [1.54, 1.807) is 19.9 Å². The molecule has 0 heterocycles. The minimum atomic E-state index is -4.46. The van der Waals surface area contributed by atoms with Crippen LogP contribution in [-0.4, -0.2) is 6.61 Å². The highest BCUT2D eigenvalue weighted by molar-refractivity contribution is 6.31. The molecular weight excluding hydrogens is 325 g/mol. The highest BCUT2D eigenvalue weighted by Gasteiger charge is 2.35. The quantitative estimate of drug-likeness (QED) is 0.665. The van der Waals surface area contributed by atoms with Gasteiger partial charge in [0.05, 0.1) is 12.2 Å². The summed E-state index contributed by atoms with van der Waals surface area (Å²) < 4.78 is 44.9. The molecule has 0 amide bonds. The molecule has 0 aliphatic carbocycles. The Morgan fingerprint density at radius 2 is 1.74 bits per heavy atom. The Kier molecular flexibility index (Phi) is 5.25. The van der Waals surface area contributed by atoms with E-state index in [1.807, 2.05) is 19.1 Å². The first-order valence-electron chi connectivity index (χ1n) is 7.31. The van der Waals surface area contributed by atoms with Crippen LogP contribution >= 0.6 is 11.6 Å². The Labute approximate surface area is 139 Å². The van der Waals surface area contributed by atoms with Crippen LogP contribution in [-0.2, 0) is 12.6 Å². The van der Waals surface area contributed by atoms with Gasteiger partial charge in [0.1, 0.15) is 5.75 Å². The molecule has 0 radical (unpaired) electrons. The fourth-order valence-corrected chi connectivity index (χ4v) is 2.64. The lowest BCUT2D eigenvalue weighted by atomic mass is 9.96. The second-order valence-corrected chi connectivity index (χ2v) is 5.88. The summed E-state index contributed by atoms with van der Waals surface area (Å²) in [6.07, 6.45) is -4.11. The van der Waals surface area contributed by atoms with Crippen molar-refractivity contribution in [1.82, 2.24) is 0 Å². The van der Waals surface area contributed by atoms with Crippen LogP contribution in [0.5, 0.6) is 5.75 Å². The predicted molar refractivity (Wildman–Crippen MR) is 86.3 cm³/mol. The lowest BCUT2D eigenvalue weighted by Crippen LogP contribution is -2.10. The van der Waals surface area contributed by atoms with E-state index in [2.05, 4.69) is 0 Å². The lowest BCUT2D eigenvalue weighted by molar-refractivity contribution is -0.139. The van der Waals surface area contributed by atoms with E-state index >= 15 is 0 Å². The molecule has 0 aliphatic rings. The fourth-order valence-electron chi connectivity index (χ4n) is 2.46. The number of hydrogen-bond donors (Lipinski definition) is 0. The van der Waals surface area contributed by atoms with Gasteiger partial charge >= 0.3 is 6.18 Å². The van der Waals surface area contributed by atoms with E-state index in [0.717, 1.165) is 16.7 Å². The van der Waals surface area contributed by atoms with Crippen molar-refractivity contribution in [1.29, 1.82) is 0 Å². The third kappa shape index (κ3) is 4.20. The molecule has 0 saturated heterocycles. The van der Waals surface area contributed by atoms with Gasteiger partial charge in [-0.1, -0.05) is 29.3 Å². The molecule has 23 heavy (non-hydrogen) atoms. The van der Waals surface area contributed by atoms with Gasteiger partial charge in [0.15, 0.2) is 0 Å². The summed E-state index contributed by atoms with van der Waals surface area (Å²) in [5.41, 5.74) is 2.42. The van der Waals surface area contributed by atoms with Crippen molar-refractivity contribution in [3.8, 4) is 5.75 Å². The Bertz CT molecular complexity index is 708. The summed E-state index contributed by atoms with van der Waals surface area (Å²) in [6, 6.07) is 8.15. The van der Waals surface area contributed by atoms with Crippen LogP contribution in [0.4, 0.5) is 13.2 Å². The van der Waals surface area contributed by atoms with Gasteiger partial charge in [-0.25, -0.2) is 0 Å². The number of halogens is 4. The molecule has 0 saturated carbocycles. The van der Waals surface area contributed by atoms with Crippen molar-refractivity contribution in [2.45, 2.75) is 33.4 Å².